The zero-order chi connectivity index (χ0) is 14.4. The van der Waals surface area contributed by atoms with Gasteiger partial charge >= 0.3 is 0 Å². The largest absolute Gasteiger partial charge is 0.383 e. The Morgan fingerprint density at radius 1 is 1.25 bits per heavy atom. The Labute approximate surface area is 120 Å². The number of aromatic amines is 1. The van der Waals surface area contributed by atoms with Crippen LogP contribution < -0.4 is 5.32 Å². The van der Waals surface area contributed by atoms with Crippen LogP contribution in [0.3, 0.4) is 0 Å². The van der Waals surface area contributed by atoms with Crippen molar-refractivity contribution in [1.82, 2.24) is 15.3 Å². The lowest BCUT2D eigenvalue weighted by Crippen LogP contribution is -2.19. The number of aryl methyl sites for hydroxylation is 2. The van der Waals surface area contributed by atoms with Crippen LogP contribution in [0.5, 0.6) is 0 Å². The molecule has 0 aliphatic rings. The molecule has 20 heavy (non-hydrogen) atoms. The molecule has 1 aromatic carbocycles. The van der Waals surface area contributed by atoms with Gasteiger partial charge in [-0.25, -0.2) is 4.98 Å². The molecule has 1 aromatic heterocycles. The molecule has 0 aliphatic carbocycles. The number of hydrogen-bond donors (Lipinski definition) is 2. The first-order valence-electron chi connectivity index (χ1n) is 7.09. The van der Waals surface area contributed by atoms with Crippen molar-refractivity contribution in [3.8, 4) is 11.3 Å². The molecule has 2 N–H and O–H groups in total. The molecule has 108 valence electrons. The van der Waals surface area contributed by atoms with Gasteiger partial charge in [-0.3, -0.25) is 0 Å². The number of H-pyrrole nitrogens is 1. The molecule has 1 heterocycles. The maximum Gasteiger partial charge on any atom is 0.121 e. The van der Waals surface area contributed by atoms with Gasteiger partial charge in [0.15, 0.2) is 0 Å². The molecule has 0 bridgehead atoms. The van der Waals surface area contributed by atoms with Gasteiger partial charge in [0.25, 0.3) is 0 Å². The number of nitrogens with zero attached hydrogens (tertiary/aromatic N) is 1. The Morgan fingerprint density at radius 3 is 2.65 bits per heavy atom. The van der Waals surface area contributed by atoms with E-state index in [0.717, 1.165) is 36.7 Å². The summed E-state index contributed by atoms with van der Waals surface area (Å²) in [4.78, 5) is 8.01. The normalized spacial score (nSPS) is 10.9. The van der Waals surface area contributed by atoms with Gasteiger partial charge in [-0.05, 0) is 18.9 Å². The number of imidazole rings is 1. The van der Waals surface area contributed by atoms with Crippen LogP contribution in [-0.4, -0.2) is 30.2 Å². The van der Waals surface area contributed by atoms with Gasteiger partial charge in [0.1, 0.15) is 5.82 Å². The third kappa shape index (κ3) is 3.68. The first-order chi connectivity index (χ1) is 9.74. The van der Waals surface area contributed by atoms with E-state index in [-0.39, 0.29) is 0 Å². The summed E-state index contributed by atoms with van der Waals surface area (Å²) in [5, 5.41) is 3.29. The number of methoxy groups -OCH3 is 1. The Hall–Kier alpha value is -1.65. The van der Waals surface area contributed by atoms with Crippen LogP contribution >= 0.6 is 0 Å². The zero-order valence-corrected chi connectivity index (χ0v) is 12.5. The van der Waals surface area contributed by atoms with E-state index in [1.807, 2.05) is 0 Å². The minimum absolute atomic E-state index is 0.713. The molecule has 4 heteroatoms. The maximum atomic E-state index is 5.01. The molecule has 0 aliphatic heterocycles. The smallest absolute Gasteiger partial charge is 0.121 e. The maximum absolute atomic E-state index is 5.01. The Morgan fingerprint density at radius 2 is 2.00 bits per heavy atom. The van der Waals surface area contributed by atoms with Crippen LogP contribution in [0.25, 0.3) is 11.3 Å². The molecule has 0 fully saturated rings. The number of benzene rings is 1. The van der Waals surface area contributed by atoms with Crippen LogP contribution in [0.15, 0.2) is 24.3 Å². The molecule has 0 saturated heterocycles. The van der Waals surface area contributed by atoms with Crippen molar-refractivity contribution in [1.29, 1.82) is 0 Å². The molecule has 0 spiro atoms. The average Bonchev–Trinajstić information content (AvgIpc) is 2.85. The van der Waals surface area contributed by atoms with E-state index in [4.69, 9.17) is 4.74 Å². The van der Waals surface area contributed by atoms with Crippen molar-refractivity contribution >= 4 is 0 Å². The van der Waals surface area contributed by atoms with Crippen molar-refractivity contribution in [2.45, 2.75) is 26.8 Å². The second-order valence-corrected chi connectivity index (χ2v) is 4.88. The monoisotopic (exact) mass is 273 g/mol. The van der Waals surface area contributed by atoms with Crippen LogP contribution in [0.4, 0.5) is 0 Å². The summed E-state index contributed by atoms with van der Waals surface area (Å²) in [6.07, 6.45) is 1.06. The third-order valence-corrected chi connectivity index (χ3v) is 3.34. The minimum Gasteiger partial charge on any atom is -0.383 e. The van der Waals surface area contributed by atoms with Gasteiger partial charge in [-0.15, -0.1) is 0 Å². The van der Waals surface area contributed by atoms with Gasteiger partial charge in [-0.1, -0.05) is 31.2 Å². The van der Waals surface area contributed by atoms with Crippen LogP contribution in [-0.2, 0) is 17.7 Å². The predicted octanol–water partition coefficient (Wildman–Crippen LogP) is 2.68. The van der Waals surface area contributed by atoms with E-state index in [1.54, 1.807) is 7.11 Å². The molecule has 0 atom stereocenters. The number of nitrogens with one attached hydrogen (secondary N) is 2. The van der Waals surface area contributed by atoms with E-state index in [2.05, 4.69) is 53.4 Å². The number of ether oxygens (including phenoxy) is 1. The molecule has 2 rings (SSSR count). The fourth-order valence-electron chi connectivity index (χ4n) is 2.17. The predicted molar refractivity (Wildman–Crippen MR) is 81.7 cm³/mol. The number of hydrogen-bond acceptors (Lipinski definition) is 3. The fraction of sp³-hybridized carbons (Fsp3) is 0.438. The highest BCUT2D eigenvalue weighted by atomic mass is 16.5. The van der Waals surface area contributed by atoms with Gasteiger partial charge in [-0.2, -0.15) is 0 Å². The topological polar surface area (TPSA) is 49.9 Å². The molecule has 0 saturated carbocycles. The highest BCUT2D eigenvalue weighted by molar-refractivity contribution is 5.62. The van der Waals surface area contributed by atoms with E-state index < -0.39 is 0 Å². The van der Waals surface area contributed by atoms with Crippen LogP contribution in [0.2, 0.25) is 0 Å². The van der Waals surface area contributed by atoms with Crippen molar-refractivity contribution in [2.75, 3.05) is 20.3 Å². The Kier molecular flexibility index (Phi) is 5.32. The van der Waals surface area contributed by atoms with Gasteiger partial charge in [0.05, 0.1) is 18.8 Å². The molecular formula is C16H23N3O. The van der Waals surface area contributed by atoms with Crippen LogP contribution in [0.1, 0.15) is 24.0 Å². The van der Waals surface area contributed by atoms with Gasteiger partial charge < -0.3 is 15.0 Å². The second kappa shape index (κ2) is 7.22. The summed E-state index contributed by atoms with van der Waals surface area (Å²) >= 11 is 0. The minimum atomic E-state index is 0.713. The highest BCUT2D eigenvalue weighted by Gasteiger charge is 2.08. The van der Waals surface area contributed by atoms with Crippen LogP contribution in [0, 0.1) is 6.92 Å². The summed E-state index contributed by atoms with van der Waals surface area (Å²) in [5.74, 6) is 0.966. The highest BCUT2D eigenvalue weighted by Crippen LogP contribution is 2.21. The second-order valence-electron chi connectivity index (χ2n) is 4.88. The lowest BCUT2D eigenvalue weighted by Gasteiger charge is -2.01. The van der Waals surface area contributed by atoms with Crippen molar-refractivity contribution < 1.29 is 4.74 Å². The molecular weight excluding hydrogens is 250 g/mol. The molecule has 4 nitrogen and oxygen atoms in total. The Bertz CT molecular complexity index is 531. The number of aromatic nitrogens is 2. The molecule has 0 unspecified atom stereocenters. The van der Waals surface area contributed by atoms with E-state index in [0.29, 0.717) is 6.61 Å². The summed E-state index contributed by atoms with van der Waals surface area (Å²) in [7, 11) is 1.71. The number of rotatable bonds is 7. The lowest BCUT2D eigenvalue weighted by atomic mass is 10.1. The summed E-state index contributed by atoms with van der Waals surface area (Å²) < 4.78 is 5.01. The van der Waals surface area contributed by atoms with Crippen molar-refractivity contribution in [3.05, 3.63) is 41.3 Å². The lowest BCUT2D eigenvalue weighted by molar-refractivity contribution is 0.199. The summed E-state index contributed by atoms with van der Waals surface area (Å²) in [5.41, 5.74) is 4.66. The van der Waals surface area contributed by atoms with E-state index >= 15 is 0 Å². The fourth-order valence-corrected chi connectivity index (χ4v) is 2.17. The van der Waals surface area contributed by atoms with Gasteiger partial charge in [0.2, 0.25) is 0 Å². The molecule has 0 radical (unpaired) electrons. The average molecular weight is 273 g/mol. The molecule has 0 amide bonds. The summed E-state index contributed by atoms with van der Waals surface area (Å²) in [6.45, 7) is 6.51. The first kappa shape index (κ1) is 14.8. The third-order valence-electron chi connectivity index (χ3n) is 3.34. The quantitative estimate of drug-likeness (QED) is 0.763. The zero-order valence-electron chi connectivity index (χ0n) is 12.5. The van der Waals surface area contributed by atoms with E-state index in [9.17, 15) is 0 Å². The van der Waals surface area contributed by atoms with Crippen molar-refractivity contribution in [3.63, 3.8) is 0 Å². The van der Waals surface area contributed by atoms with E-state index in [1.165, 1.54) is 11.1 Å². The molecule has 2 aromatic rings. The standard InChI is InChI=1S/C16H23N3O/c1-4-13-5-7-14(8-6-13)16-12(2)18-15(19-16)11-17-9-10-20-3/h5-8,17H,4,9-11H2,1-3H3,(H,18,19). The van der Waals surface area contributed by atoms with Crippen molar-refractivity contribution in [2.24, 2.45) is 0 Å². The summed E-state index contributed by atoms with van der Waals surface area (Å²) in [6, 6.07) is 8.62. The Balaban J connectivity index is 2.06. The van der Waals surface area contributed by atoms with Gasteiger partial charge in [0, 0.05) is 24.9 Å². The SMILES string of the molecule is CCc1ccc(-c2nc(CNCCOC)[nH]c2C)cc1. The first-order valence-corrected chi connectivity index (χ1v) is 7.09.